The first-order chi connectivity index (χ1) is 10.0. The maximum atomic E-state index is 3.78. The quantitative estimate of drug-likeness (QED) is 0.785. The molecule has 1 saturated carbocycles. The lowest BCUT2D eigenvalue weighted by atomic mass is 9.75. The van der Waals surface area contributed by atoms with Gasteiger partial charge in [-0.25, -0.2) is 0 Å². The summed E-state index contributed by atoms with van der Waals surface area (Å²) in [5, 5.41) is 3.78. The van der Waals surface area contributed by atoms with E-state index >= 15 is 0 Å². The van der Waals surface area contributed by atoms with Crippen LogP contribution < -0.4 is 5.32 Å². The largest absolute Gasteiger partial charge is 0.314 e. The van der Waals surface area contributed by atoms with Crippen LogP contribution in [0, 0.1) is 17.3 Å². The Labute approximate surface area is 133 Å². The van der Waals surface area contributed by atoms with Crippen molar-refractivity contribution in [3.8, 4) is 0 Å². The number of hydrogen-bond acceptors (Lipinski definition) is 2. The van der Waals surface area contributed by atoms with Crippen molar-refractivity contribution < 1.29 is 0 Å². The first-order valence-corrected chi connectivity index (χ1v) is 9.50. The molecule has 0 radical (unpaired) electrons. The zero-order valence-corrected chi connectivity index (χ0v) is 15.0. The van der Waals surface area contributed by atoms with E-state index in [4.69, 9.17) is 0 Å². The van der Waals surface area contributed by atoms with Crippen LogP contribution in [0.15, 0.2) is 0 Å². The van der Waals surface area contributed by atoms with Gasteiger partial charge in [0.05, 0.1) is 0 Å². The molecule has 21 heavy (non-hydrogen) atoms. The van der Waals surface area contributed by atoms with Crippen LogP contribution in [0.1, 0.15) is 72.6 Å². The molecular formula is C19H38N2. The fourth-order valence-corrected chi connectivity index (χ4v) is 4.44. The molecular weight excluding hydrogens is 256 g/mol. The maximum absolute atomic E-state index is 3.78. The number of nitrogens with zero attached hydrogens (tertiary/aromatic N) is 1. The molecule has 1 heterocycles. The predicted octanol–water partition coefficient (Wildman–Crippen LogP) is 4.30. The van der Waals surface area contributed by atoms with Gasteiger partial charge in [-0.15, -0.1) is 0 Å². The smallest absolute Gasteiger partial charge is 0.0108 e. The van der Waals surface area contributed by atoms with Crippen molar-refractivity contribution in [1.29, 1.82) is 0 Å². The molecule has 0 bridgehead atoms. The lowest BCUT2D eigenvalue weighted by molar-refractivity contribution is 0.0859. The summed E-state index contributed by atoms with van der Waals surface area (Å²) in [4.78, 5) is 2.76. The Balaban J connectivity index is 1.87. The van der Waals surface area contributed by atoms with Gasteiger partial charge in [0.1, 0.15) is 0 Å². The van der Waals surface area contributed by atoms with Gasteiger partial charge in [0.25, 0.3) is 0 Å². The molecule has 3 atom stereocenters. The molecule has 2 rings (SSSR count). The SMILES string of the molecule is CCCC1CCC(NCC)C(CN2CCC(C)(C)CC2)C1. The zero-order valence-electron chi connectivity index (χ0n) is 15.0. The van der Waals surface area contributed by atoms with Crippen molar-refractivity contribution in [2.24, 2.45) is 17.3 Å². The van der Waals surface area contributed by atoms with Crippen molar-refractivity contribution >= 4 is 0 Å². The standard InChI is InChI=1S/C19H38N2/c1-5-7-16-8-9-18(20-6-2)17(14-16)15-21-12-10-19(3,4)11-13-21/h16-18,20H,5-15H2,1-4H3. The van der Waals surface area contributed by atoms with E-state index in [0.29, 0.717) is 5.41 Å². The number of nitrogens with one attached hydrogen (secondary N) is 1. The second-order valence-electron chi connectivity index (χ2n) is 8.36. The van der Waals surface area contributed by atoms with Crippen LogP contribution in [-0.4, -0.2) is 37.1 Å². The molecule has 2 heteroatoms. The monoisotopic (exact) mass is 294 g/mol. The van der Waals surface area contributed by atoms with Crippen molar-refractivity contribution in [1.82, 2.24) is 10.2 Å². The molecule has 124 valence electrons. The summed E-state index contributed by atoms with van der Waals surface area (Å²) >= 11 is 0. The van der Waals surface area contributed by atoms with Gasteiger partial charge >= 0.3 is 0 Å². The van der Waals surface area contributed by atoms with Gasteiger partial charge in [0.15, 0.2) is 0 Å². The van der Waals surface area contributed by atoms with Gasteiger partial charge in [-0.1, -0.05) is 40.5 Å². The van der Waals surface area contributed by atoms with E-state index in [1.54, 1.807) is 0 Å². The third kappa shape index (κ3) is 5.25. The topological polar surface area (TPSA) is 15.3 Å². The summed E-state index contributed by atoms with van der Waals surface area (Å²) in [7, 11) is 0. The Morgan fingerprint density at radius 2 is 1.81 bits per heavy atom. The third-order valence-corrected chi connectivity index (χ3v) is 5.96. The van der Waals surface area contributed by atoms with Crippen molar-refractivity contribution in [3.63, 3.8) is 0 Å². The minimum Gasteiger partial charge on any atom is -0.314 e. The number of piperidine rings is 1. The van der Waals surface area contributed by atoms with Crippen LogP contribution in [0.25, 0.3) is 0 Å². The van der Waals surface area contributed by atoms with Gasteiger partial charge in [0, 0.05) is 12.6 Å². The van der Waals surface area contributed by atoms with Crippen molar-refractivity contribution in [2.75, 3.05) is 26.2 Å². The van der Waals surface area contributed by atoms with Crippen LogP contribution >= 0.6 is 0 Å². The highest BCUT2D eigenvalue weighted by atomic mass is 15.1. The molecule has 1 aliphatic carbocycles. The predicted molar refractivity (Wildman–Crippen MR) is 92.7 cm³/mol. The summed E-state index contributed by atoms with van der Waals surface area (Å²) in [6, 6.07) is 0.776. The first kappa shape index (κ1) is 17.3. The molecule has 2 aliphatic rings. The molecule has 0 spiro atoms. The van der Waals surface area contributed by atoms with Gasteiger partial charge < -0.3 is 10.2 Å². The summed E-state index contributed by atoms with van der Waals surface area (Å²) < 4.78 is 0. The fraction of sp³-hybridized carbons (Fsp3) is 1.00. The molecule has 2 fully saturated rings. The maximum Gasteiger partial charge on any atom is 0.0108 e. The minimum absolute atomic E-state index is 0.578. The minimum atomic E-state index is 0.578. The van der Waals surface area contributed by atoms with Gasteiger partial charge in [0.2, 0.25) is 0 Å². The van der Waals surface area contributed by atoms with Crippen molar-refractivity contribution in [3.05, 3.63) is 0 Å². The van der Waals surface area contributed by atoms with E-state index in [-0.39, 0.29) is 0 Å². The van der Waals surface area contributed by atoms with E-state index in [2.05, 4.69) is 37.9 Å². The Kier molecular flexibility index (Phi) is 6.55. The third-order valence-electron chi connectivity index (χ3n) is 5.96. The first-order valence-electron chi connectivity index (χ1n) is 9.50. The molecule has 0 aromatic carbocycles. The fourth-order valence-electron chi connectivity index (χ4n) is 4.44. The van der Waals surface area contributed by atoms with Gasteiger partial charge in [-0.2, -0.15) is 0 Å². The van der Waals surface area contributed by atoms with Crippen molar-refractivity contribution in [2.45, 2.75) is 78.7 Å². The average Bonchev–Trinajstić information content (AvgIpc) is 2.44. The number of likely N-dealkylation sites (tertiary alicyclic amines) is 1. The average molecular weight is 295 g/mol. The molecule has 0 aromatic heterocycles. The second-order valence-corrected chi connectivity index (χ2v) is 8.36. The Morgan fingerprint density at radius 3 is 2.43 bits per heavy atom. The second kappa shape index (κ2) is 7.97. The highest BCUT2D eigenvalue weighted by Crippen LogP contribution is 2.35. The molecule has 1 saturated heterocycles. The Bertz CT molecular complexity index is 290. The molecule has 1 aliphatic heterocycles. The van der Waals surface area contributed by atoms with Crippen LogP contribution in [0.5, 0.6) is 0 Å². The van der Waals surface area contributed by atoms with E-state index < -0.39 is 0 Å². The van der Waals surface area contributed by atoms with Gasteiger partial charge in [-0.3, -0.25) is 0 Å². The highest BCUT2D eigenvalue weighted by Gasteiger charge is 2.33. The van der Waals surface area contributed by atoms with E-state index in [0.717, 1.165) is 24.4 Å². The molecule has 0 aromatic rings. The summed E-state index contributed by atoms with van der Waals surface area (Å²) in [5.41, 5.74) is 0.578. The summed E-state index contributed by atoms with van der Waals surface area (Å²) in [5.74, 6) is 1.88. The van der Waals surface area contributed by atoms with Crippen LogP contribution in [0.4, 0.5) is 0 Å². The zero-order chi connectivity index (χ0) is 15.3. The molecule has 3 unspecified atom stereocenters. The van der Waals surface area contributed by atoms with Gasteiger partial charge in [-0.05, 0) is 69.0 Å². The number of rotatable bonds is 6. The van der Waals surface area contributed by atoms with Crippen LogP contribution in [-0.2, 0) is 0 Å². The lowest BCUT2D eigenvalue weighted by Gasteiger charge is -2.42. The number of hydrogen-bond donors (Lipinski definition) is 1. The van der Waals surface area contributed by atoms with Crippen LogP contribution in [0.3, 0.4) is 0 Å². The Hall–Kier alpha value is -0.0800. The Morgan fingerprint density at radius 1 is 1.10 bits per heavy atom. The van der Waals surface area contributed by atoms with E-state index in [1.807, 2.05) is 0 Å². The van der Waals surface area contributed by atoms with E-state index in [9.17, 15) is 0 Å². The molecule has 1 N–H and O–H groups in total. The summed E-state index contributed by atoms with van der Waals surface area (Å²) in [6.45, 7) is 14.6. The molecule has 0 amide bonds. The highest BCUT2D eigenvalue weighted by molar-refractivity contribution is 4.88. The molecule has 2 nitrogen and oxygen atoms in total. The van der Waals surface area contributed by atoms with Crippen LogP contribution in [0.2, 0.25) is 0 Å². The normalized spacial score (nSPS) is 34.0. The summed E-state index contributed by atoms with van der Waals surface area (Å²) in [6.07, 6.45) is 9.89. The van der Waals surface area contributed by atoms with E-state index in [1.165, 1.54) is 64.6 Å². The lowest BCUT2D eigenvalue weighted by Crippen LogP contribution is -2.48.